The fourth-order valence-electron chi connectivity index (χ4n) is 2.22. The molecule has 1 aromatic heterocycles. The van der Waals surface area contributed by atoms with Crippen molar-refractivity contribution in [2.45, 2.75) is 11.1 Å². The second-order valence-corrected chi connectivity index (χ2v) is 8.19. The van der Waals surface area contributed by atoms with Crippen LogP contribution in [0.5, 0.6) is 0 Å². The third-order valence-corrected chi connectivity index (χ3v) is 5.74. The van der Waals surface area contributed by atoms with E-state index >= 15 is 0 Å². The Labute approximate surface area is 165 Å². The van der Waals surface area contributed by atoms with Crippen LogP contribution in [0.25, 0.3) is 5.69 Å². The van der Waals surface area contributed by atoms with Crippen molar-refractivity contribution in [3.8, 4) is 5.69 Å². The minimum absolute atomic E-state index is 0.0350. The van der Waals surface area contributed by atoms with Crippen LogP contribution in [0.4, 0.5) is 0 Å². The third kappa shape index (κ3) is 4.03. The maximum Gasteiger partial charge on any atom is 0.243 e. The van der Waals surface area contributed by atoms with Crippen molar-refractivity contribution in [3.05, 3.63) is 75.8 Å². The van der Waals surface area contributed by atoms with Gasteiger partial charge in [-0.2, -0.15) is 4.72 Å². The first-order chi connectivity index (χ1) is 12.3. The number of hydrogen-bond donors (Lipinski definition) is 2. The van der Waals surface area contributed by atoms with E-state index in [9.17, 15) is 13.5 Å². The van der Waals surface area contributed by atoms with E-state index in [1.54, 1.807) is 30.3 Å². The molecule has 0 spiro atoms. The summed E-state index contributed by atoms with van der Waals surface area (Å²) in [5.41, 5.74) is 0.621. The van der Waals surface area contributed by atoms with Crippen LogP contribution in [0.1, 0.15) is 11.9 Å². The Kier molecular flexibility index (Phi) is 5.57. The number of nitrogens with zero attached hydrogens (tertiary/aromatic N) is 2. The van der Waals surface area contributed by atoms with E-state index in [2.05, 4.69) is 9.71 Å². The molecule has 0 aliphatic heterocycles. The van der Waals surface area contributed by atoms with E-state index < -0.39 is 16.3 Å². The Balaban J connectivity index is 1.87. The van der Waals surface area contributed by atoms with Gasteiger partial charge in [-0.3, -0.25) is 4.57 Å². The molecule has 0 saturated heterocycles. The van der Waals surface area contributed by atoms with Gasteiger partial charge in [0, 0.05) is 15.7 Å². The molecule has 0 aliphatic carbocycles. The van der Waals surface area contributed by atoms with Crippen molar-refractivity contribution in [2.24, 2.45) is 0 Å². The van der Waals surface area contributed by atoms with Crippen LogP contribution in [0, 0.1) is 0 Å². The van der Waals surface area contributed by atoms with Crippen LogP contribution < -0.4 is 4.72 Å². The summed E-state index contributed by atoms with van der Waals surface area (Å²) in [6.45, 7) is 0. The lowest BCUT2D eigenvalue weighted by Gasteiger charge is -2.12. The Hall–Kier alpha value is -1.61. The number of rotatable bonds is 5. The number of aromatic nitrogens is 2. The molecule has 0 fully saturated rings. The summed E-state index contributed by atoms with van der Waals surface area (Å²) < 4.78 is 28.4. The predicted octanol–water partition coefficient (Wildman–Crippen LogP) is 3.80. The van der Waals surface area contributed by atoms with Gasteiger partial charge in [0.1, 0.15) is 17.2 Å². The van der Waals surface area contributed by atoms with Crippen molar-refractivity contribution < 1.29 is 13.5 Å². The summed E-state index contributed by atoms with van der Waals surface area (Å²) in [5, 5.41) is 11.1. The zero-order valence-corrected chi connectivity index (χ0v) is 16.1. The molecule has 0 bridgehead atoms. The number of halogens is 3. The smallest absolute Gasteiger partial charge is 0.243 e. The lowest BCUT2D eigenvalue weighted by Crippen LogP contribution is -2.29. The van der Waals surface area contributed by atoms with Crippen molar-refractivity contribution in [2.75, 3.05) is 0 Å². The number of benzene rings is 2. The molecular formula is C16H12Cl3N3O3S. The average molecular weight is 433 g/mol. The highest BCUT2D eigenvalue weighted by Crippen LogP contribution is 2.26. The molecule has 0 radical (unpaired) electrons. The standard InChI is InChI=1S/C16H12Cl3N3O3S/c17-10-4-6-12(7-5-10)22-9-20-14(15(22)19)16(23)21-26(24,25)13-3-1-2-11(18)8-13/h1-9,16,21,23H. The van der Waals surface area contributed by atoms with E-state index in [1.165, 1.54) is 29.1 Å². The zero-order chi connectivity index (χ0) is 18.9. The maximum atomic E-state index is 12.4. The first-order valence-electron chi connectivity index (χ1n) is 7.22. The van der Waals surface area contributed by atoms with E-state index in [0.717, 1.165) is 0 Å². The molecule has 1 heterocycles. The molecular weight excluding hydrogens is 421 g/mol. The molecule has 0 saturated carbocycles. The second-order valence-electron chi connectivity index (χ2n) is 5.25. The summed E-state index contributed by atoms with van der Waals surface area (Å²) in [7, 11) is -4.02. The van der Waals surface area contributed by atoms with Gasteiger partial charge in [-0.25, -0.2) is 13.4 Å². The molecule has 0 amide bonds. The molecule has 10 heteroatoms. The Morgan fingerprint density at radius 1 is 1.04 bits per heavy atom. The minimum Gasteiger partial charge on any atom is -0.372 e. The molecule has 2 N–H and O–H groups in total. The lowest BCUT2D eigenvalue weighted by molar-refractivity contribution is 0.162. The van der Waals surface area contributed by atoms with Gasteiger partial charge in [0.25, 0.3) is 0 Å². The maximum absolute atomic E-state index is 12.4. The lowest BCUT2D eigenvalue weighted by atomic mass is 10.3. The molecule has 6 nitrogen and oxygen atoms in total. The van der Waals surface area contributed by atoms with Crippen LogP contribution in [-0.4, -0.2) is 23.1 Å². The molecule has 3 rings (SSSR count). The molecule has 26 heavy (non-hydrogen) atoms. The van der Waals surface area contributed by atoms with Gasteiger partial charge in [-0.05, 0) is 42.5 Å². The SMILES string of the molecule is O=S(=O)(NC(O)c1ncn(-c2ccc(Cl)cc2)c1Cl)c1cccc(Cl)c1. The summed E-state index contributed by atoms with van der Waals surface area (Å²) in [6, 6.07) is 12.4. The first-order valence-corrected chi connectivity index (χ1v) is 9.84. The minimum atomic E-state index is -4.02. The molecule has 0 aliphatic rings. The van der Waals surface area contributed by atoms with E-state index in [-0.39, 0.29) is 20.8 Å². The van der Waals surface area contributed by atoms with Crippen LogP contribution in [0.15, 0.2) is 59.8 Å². The van der Waals surface area contributed by atoms with Gasteiger partial charge in [-0.15, -0.1) is 0 Å². The van der Waals surface area contributed by atoms with E-state index in [4.69, 9.17) is 34.8 Å². The summed E-state index contributed by atoms with van der Waals surface area (Å²) in [5.74, 6) is 0. The number of hydrogen-bond acceptors (Lipinski definition) is 4. The summed E-state index contributed by atoms with van der Waals surface area (Å²) >= 11 is 17.9. The Morgan fingerprint density at radius 2 is 1.73 bits per heavy atom. The normalized spacial score (nSPS) is 12.9. The highest BCUT2D eigenvalue weighted by Gasteiger charge is 2.24. The molecule has 2 aromatic carbocycles. The van der Waals surface area contributed by atoms with Gasteiger partial charge in [0.05, 0.1) is 4.90 Å². The van der Waals surface area contributed by atoms with Gasteiger partial charge < -0.3 is 5.11 Å². The van der Waals surface area contributed by atoms with Crippen LogP contribution in [0.2, 0.25) is 15.2 Å². The van der Waals surface area contributed by atoms with Gasteiger partial charge in [0.2, 0.25) is 10.0 Å². The van der Waals surface area contributed by atoms with Crippen molar-refractivity contribution in [1.82, 2.24) is 14.3 Å². The van der Waals surface area contributed by atoms with Crippen LogP contribution in [-0.2, 0) is 10.0 Å². The van der Waals surface area contributed by atoms with E-state index in [0.29, 0.717) is 10.7 Å². The van der Waals surface area contributed by atoms with E-state index in [1.807, 2.05) is 0 Å². The first kappa shape index (κ1) is 19.2. The number of nitrogens with one attached hydrogen (secondary N) is 1. The largest absolute Gasteiger partial charge is 0.372 e. The number of imidazole rings is 1. The molecule has 1 unspecified atom stereocenters. The monoisotopic (exact) mass is 431 g/mol. The third-order valence-electron chi connectivity index (χ3n) is 3.47. The molecule has 1 atom stereocenters. The van der Waals surface area contributed by atoms with Crippen LogP contribution in [0.3, 0.4) is 0 Å². The van der Waals surface area contributed by atoms with Crippen LogP contribution >= 0.6 is 34.8 Å². The fourth-order valence-corrected chi connectivity index (χ4v) is 3.97. The Morgan fingerprint density at radius 3 is 2.38 bits per heavy atom. The molecule has 3 aromatic rings. The van der Waals surface area contributed by atoms with Crippen molar-refractivity contribution in [3.63, 3.8) is 0 Å². The predicted molar refractivity (Wildman–Crippen MR) is 100 cm³/mol. The Bertz CT molecular complexity index is 1040. The zero-order valence-electron chi connectivity index (χ0n) is 13.0. The number of aliphatic hydroxyl groups excluding tert-OH is 1. The number of aliphatic hydroxyl groups is 1. The van der Waals surface area contributed by atoms with Gasteiger partial charge in [-0.1, -0.05) is 40.9 Å². The second kappa shape index (κ2) is 7.56. The van der Waals surface area contributed by atoms with Crippen molar-refractivity contribution in [1.29, 1.82) is 0 Å². The highest BCUT2D eigenvalue weighted by molar-refractivity contribution is 7.89. The summed E-state index contributed by atoms with van der Waals surface area (Å²) in [6.07, 6.45) is -0.266. The quantitative estimate of drug-likeness (QED) is 0.601. The van der Waals surface area contributed by atoms with Gasteiger partial charge >= 0.3 is 0 Å². The van der Waals surface area contributed by atoms with Gasteiger partial charge in [0.15, 0.2) is 6.23 Å². The average Bonchev–Trinajstić information content (AvgIpc) is 2.97. The molecule has 136 valence electrons. The fraction of sp³-hybridized carbons (Fsp3) is 0.0625. The number of sulfonamides is 1. The summed E-state index contributed by atoms with van der Waals surface area (Å²) in [4.78, 5) is 3.92. The highest BCUT2D eigenvalue weighted by atomic mass is 35.5. The van der Waals surface area contributed by atoms with Crippen molar-refractivity contribution >= 4 is 44.8 Å². The topological polar surface area (TPSA) is 84.2 Å².